The Kier molecular flexibility index (Phi) is 4.22. The number of halogens is 1. The molecule has 0 spiro atoms. The summed E-state index contributed by atoms with van der Waals surface area (Å²) in [6, 6.07) is 6.01. The molecule has 1 aromatic carbocycles. The van der Waals surface area contributed by atoms with E-state index in [0.29, 0.717) is 6.04 Å². The molecule has 110 valence electrons. The van der Waals surface area contributed by atoms with Crippen molar-refractivity contribution in [2.45, 2.75) is 32.4 Å². The van der Waals surface area contributed by atoms with Crippen LogP contribution in [0.4, 0.5) is 10.1 Å². The van der Waals surface area contributed by atoms with Crippen molar-refractivity contribution in [3.63, 3.8) is 0 Å². The summed E-state index contributed by atoms with van der Waals surface area (Å²) < 4.78 is 14.3. The first kappa shape index (κ1) is 13.8. The van der Waals surface area contributed by atoms with Gasteiger partial charge in [0, 0.05) is 56.6 Å². The van der Waals surface area contributed by atoms with E-state index in [2.05, 4.69) is 28.1 Å². The van der Waals surface area contributed by atoms with E-state index in [9.17, 15) is 4.39 Å². The molecule has 0 aliphatic carbocycles. The van der Waals surface area contributed by atoms with E-state index in [1.807, 2.05) is 6.07 Å². The van der Waals surface area contributed by atoms with E-state index in [-0.39, 0.29) is 5.82 Å². The zero-order chi connectivity index (χ0) is 13.9. The third-order valence-electron chi connectivity index (χ3n) is 4.38. The fourth-order valence-corrected chi connectivity index (χ4v) is 3.34. The third-order valence-corrected chi connectivity index (χ3v) is 4.38. The number of benzene rings is 1. The Morgan fingerprint density at radius 3 is 2.80 bits per heavy atom. The molecule has 0 bridgehead atoms. The Labute approximate surface area is 120 Å². The first-order valence-corrected chi connectivity index (χ1v) is 7.72. The van der Waals surface area contributed by atoms with Crippen molar-refractivity contribution in [3.8, 4) is 0 Å². The number of piperazine rings is 1. The van der Waals surface area contributed by atoms with Crippen molar-refractivity contribution in [1.82, 2.24) is 10.2 Å². The van der Waals surface area contributed by atoms with Crippen LogP contribution in [0.5, 0.6) is 0 Å². The van der Waals surface area contributed by atoms with Gasteiger partial charge in [-0.25, -0.2) is 4.39 Å². The van der Waals surface area contributed by atoms with E-state index >= 15 is 0 Å². The molecular weight excluding hydrogens is 253 g/mol. The summed E-state index contributed by atoms with van der Waals surface area (Å²) in [5, 5.41) is 3.44. The van der Waals surface area contributed by atoms with Gasteiger partial charge in [0.25, 0.3) is 0 Å². The van der Waals surface area contributed by atoms with E-state index in [1.54, 1.807) is 6.07 Å². The van der Waals surface area contributed by atoms with Crippen LogP contribution < -0.4 is 10.2 Å². The number of anilines is 1. The Morgan fingerprint density at radius 2 is 2.05 bits per heavy atom. The average Bonchev–Trinajstić information content (AvgIpc) is 2.95. The lowest BCUT2D eigenvalue weighted by molar-refractivity contribution is 0.197. The molecule has 4 heteroatoms. The van der Waals surface area contributed by atoms with E-state index in [4.69, 9.17) is 0 Å². The van der Waals surface area contributed by atoms with Gasteiger partial charge in [-0.05, 0) is 31.9 Å². The number of nitrogens with zero attached hydrogens (tertiary/aromatic N) is 2. The van der Waals surface area contributed by atoms with Gasteiger partial charge in [-0.15, -0.1) is 0 Å². The summed E-state index contributed by atoms with van der Waals surface area (Å²) in [6.45, 7) is 8.03. The molecule has 0 radical (unpaired) electrons. The van der Waals surface area contributed by atoms with Crippen LogP contribution in [-0.4, -0.2) is 43.7 Å². The molecule has 2 heterocycles. The number of nitrogens with one attached hydrogen (secondary N) is 1. The van der Waals surface area contributed by atoms with Gasteiger partial charge in [0.1, 0.15) is 5.82 Å². The number of rotatable bonds is 3. The maximum atomic E-state index is 14.3. The lowest BCUT2D eigenvalue weighted by Gasteiger charge is -2.33. The highest BCUT2D eigenvalue weighted by atomic mass is 19.1. The summed E-state index contributed by atoms with van der Waals surface area (Å²) in [6.07, 6.45) is 2.45. The lowest BCUT2D eigenvalue weighted by atomic mass is 10.1. The smallest absolute Gasteiger partial charge is 0.129 e. The molecule has 2 saturated heterocycles. The Bertz CT molecular complexity index is 457. The predicted octanol–water partition coefficient (Wildman–Crippen LogP) is 2.22. The predicted molar refractivity (Wildman–Crippen MR) is 80.6 cm³/mol. The minimum atomic E-state index is -0.0550. The Morgan fingerprint density at radius 1 is 1.25 bits per heavy atom. The van der Waals surface area contributed by atoms with Crippen molar-refractivity contribution in [1.29, 1.82) is 0 Å². The molecule has 3 nitrogen and oxygen atoms in total. The summed E-state index contributed by atoms with van der Waals surface area (Å²) in [5.41, 5.74) is 1.98. The maximum Gasteiger partial charge on any atom is 0.129 e. The molecule has 20 heavy (non-hydrogen) atoms. The molecule has 0 amide bonds. The van der Waals surface area contributed by atoms with Crippen molar-refractivity contribution < 1.29 is 4.39 Å². The van der Waals surface area contributed by atoms with Crippen LogP contribution >= 0.6 is 0 Å². The molecule has 2 aliphatic heterocycles. The molecule has 2 aliphatic rings. The molecule has 0 aromatic heterocycles. The fraction of sp³-hybridized carbons (Fsp3) is 0.625. The highest BCUT2D eigenvalue weighted by Crippen LogP contribution is 2.28. The maximum absolute atomic E-state index is 14.3. The number of hydrogen-bond donors (Lipinski definition) is 1. The van der Waals surface area contributed by atoms with Crippen molar-refractivity contribution in [2.75, 3.05) is 37.6 Å². The Balaban J connectivity index is 1.80. The van der Waals surface area contributed by atoms with E-state index in [0.717, 1.165) is 50.5 Å². The second-order valence-corrected chi connectivity index (χ2v) is 6.02. The van der Waals surface area contributed by atoms with Gasteiger partial charge in [-0.3, -0.25) is 4.90 Å². The normalized spacial score (nSPS) is 24.3. The molecule has 1 N–H and O–H groups in total. The SMILES string of the molecule is CC1CN(Cc2c(F)cccc2N2CCCC2)CCN1. The van der Waals surface area contributed by atoms with Gasteiger partial charge in [-0.1, -0.05) is 6.07 Å². The quantitative estimate of drug-likeness (QED) is 0.914. The minimum absolute atomic E-state index is 0.0550. The second kappa shape index (κ2) is 6.10. The molecule has 3 rings (SSSR count). The molecule has 2 fully saturated rings. The first-order valence-electron chi connectivity index (χ1n) is 7.72. The zero-order valence-corrected chi connectivity index (χ0v) is 12.2. The van der Waals surface area contributed by atoms with E-state index in [1.165, 1.54) is 12.8 Å². The standard InChI is InChI=1S/C16H24FN3/c1-13-11-19(10-7-18-13)12-14-15(17)5-4-6-16(14)20-8-2-3-9-20/h4-6,13,18H,2-3,7-12H2,1H3. The van der Waals surface area contributed by atoms with Gasteiger partial charge in [-0.2, -0.15) is 0 Å². The summed E-state index contributed by atoms with van der Waals surface area (Å²) >= 11 is 0. The fourth-order valence-electron chi connectivity index (χ4n) is 3.34. The van der Waals surface area contributed by atoms with Crippen LogP contribution in [0, 0.1) is 5.82 Å². The van der Waals surface area contributed by atoms with Crippen LogP contribution in [-0.2, 0) is 6.54 Å². The molecule has 0 saturated carbocycles. The van der Waals surface area contributed by atoms with Crippen LogP contribution in [0.2, 0.25) is 0 Å². The molecular formula is C16H24FN3. The molecule has 1 unspecified atom stereocenters. The van der Waals surface area contributed by atoms with Crippen molar-refractivity contribution in [3.05, 3.63) is 29.6 Å². The molecule has 1 atom stereocenters. The number of hydrogen-bond acceptors (Lipinski definition) is 3. The van der Waals surface area contributed by atoms with Gasteiger partial charge < -0.3 is 10.2 Å². The topological polar surface area (TPSA) is 18.5 Å². The Hall–Kier alpha value is -1.13. The largest absolute Gasteiger partial charge is 0.371 e. The summed E-state index contributed by atoms with van der Waals surface area (Å²) in [5.74, 6) is -0.0550. The minimum Gasteiger partial charge on any atom is -0.371 e. The van der Waals surface area contributed by atoms with Gasteiger partial charge >= 0.3 is 0 Å². The van der Waals surface area contributed by atoms with Crippen LogP contribution in [0.1, 0.15) is 25.3 Å². The van der Waals surface area contributed by atoms with Crippen molar-refractivity contribution in [2.24, 2.45) is 0 Å². The summed E-state index contributed by atoms with van der Waals surface area (Å²) in [4.78, 5) is 4.70. The monoisotopic (exact) mass is 277 g/mol. The molecule has 1 aromatic rings. The van der Waals surface area contributed by atoms with Gasteiger partial charge in [0.2, 0.25) is 0 Å². The lowest BCUT2D eigenvalue weighted by Crippen LogP contribution is -2.48. The second-order valence-electron chi connectivity index (χ2n) is 6.02. The van der Waals surface area contributed by atoms with Crippen LogP contribution in [0.3, 0.4) is 0 Å². The highest BCUT2D eigenvalue weighted by molar-refractivity contribution is 5.54. The zero-order valence-electron chi connectivity index (χ0n) is 12.2. The van der Waals surface area contributed by atoms with Crippen molar-refractivity contribution >= 4 is 5.69 Å². The van der Waals surface area contributed by atoms with E-state index < -0.39 is 0 Å². The van der Waals surface area contributed by atoms with Gasteiger partial charge in [0.05, 0.1) is 0 Å². The van der Waals surface area contributed by atoms with Gasteiger partial charge in [0.15, 0.2) is 0 Å². The first-order chi connectivity index (χ1) is 9.74. The van der Waals surface area contributed by atoms with Crippen LogP contribution in [0.15, 0.2) is 18.2 Å². The average molecular weight is 277 g/mol. The van der Waals surface area contributed by atoms with Crippen LogP contribution in [0.25, 0.3) is 0 Å². The highest BCUT2D eigenvalue weighted by Gasteiger charge is 2.22. The third kappa shape index (κ3) is 2.96. The summed E-state index contributed by atoms with van der Waals surface area (Å²) in [7, 11) is 0.